The third-order valence-electron chi connectivity index (χ3n) is 6.82. The molecule has 1 amide bonds. The summed E-state index contributed by atoms with van der Waals surface area (Å²) in [6.07, 6.45) is 5.47. The molecule has 1 aliphatic rings. The standard InChI is InChI=1S/C33H27N3O2/c37-33(38-23-31-29-19-9-7-17-27(29)28-18-8-10-20-30(28)31)34-21-11-14-25-22-36(26-15-5-2-6-16-26)35-32(25)24-12-3-1-4-13-24/h1-20,22,31H,21,23H2,(H,34,37). The number of rotatable bonds is 7. The molecule has 5 nitrogen and oxygen atoms in total. The number of benzene rings is 4. The van der Waals surface area contributed by atoms with E-state index in [0.29, 0.717) is 13.2 Å². The largest absolute Gasteiger partial charge is 0.449 e. The first-order chi connectivity index (χ1) is 18.8. The molecule has 4 aromatic carbocycles. The zero-order valence-electron chi connectivity index (χ0n) is 20.8. The van der Waals surface area contributed by atoms with Gasteiger partial charge in [0.05, 0.1) is 11.4 Å². The molecule has 5 aromatic rings. The van der Waals surface area contributed by atoms with Crippen LogP contribution >= 0.6 is 0 Å². The number of carbonyl (C=O) groups excluding carboxylic acids is 1. The van der Waals surface area contributed by atoms with E-state index < -0.39 is 6.09 Å². The Bertz CT molecular complexity index is 1540. The number of ether oxygens (including phenoxy) is 1. The smallest absolute Gasteiger partial charge is 0.407 e. The Morgan fingerprint density at radius 3 is 2.11 bits per heavy atom. The van der Waals surface area contributed by atoms with Crippen molar-refractivity contribution in [2.45, 2.75) is 5.92 Å². The number of hydrogen-bond acceptors (Lipinski definition) is 3. The molecule has 0 bridgehead atoms. The van der Waals surface area contributed by atoms with Crippen LogP contribution in [0.15, 0.2) is 121 Å². The highest BCUT2D eigenvalue weighted by atomic mass is 16.5. The van der Waals surface area contributed by atoms with Crippen LogP contribution in [0.1, 0.15) is 22.6 Å². The van der Waals surface area contributed by atoms with E-state index in [-0.39, 0.29) is 5.92 Å². The van der Waals surface area contributed by atoms with E-state index in [9.17, 15) is 4.79 Å². The van der Waals surface area contributed by atoms with Gasteiger partial charge in [-0.1, -0.05) is 109 Å². The molecule has 1 heterocycles. The van der Waals surface area contributed by atoms with Crippen LogP contribution in [0, 0.1) is 0 Å². The van der Waals surface area contributed by atoms with Crippen molar-refractivity contribution < 1.29 is 9.53 Å². The maximum atomic E-state index is 12.5. The number of hydrogen-bond donors (Lipinski definition) is 1. The van der Waals surface area contributed by atoms with Gasteiger partial charge in [0.25, 0.3) is 0 Å². The topological polar surface area (TPSA) is 56.2 Å². The van der Waals surface area contributed by atoms with Gasteiger partial charge in [0.2, 0.25) is 0 Å². The highest BCUT2D eigenvalue weighted by Gasteiger charge is 2.28. The molecule has 0 saturated heterocycles. The second kappa shape index (κ2) is 10.6. The Morgan fingerprint density at radius 1 is 0.816 bits per heavy atom. The fraction of sp³-hybridized carbons (Fsp3) is 0.0909. The first-order valence-electron chi connectivity index (χ1n) is 12.7. The average Bonchev–Trinajstić information content (AvgIpc) is 3.55. The minimum atomic E-state index is -0.431. The molecule has 0 atom stereocenters. The van der Waals surface area contributed by atoms with Crippen molar-refractivity contribution in [3.8, 4) is 28.1 Å². The third kappa shape index (κ3) is 4.74. The Hall–Kier alpha value is -4.90. The Morgan fingerprint density at radius 2 is 1.42 bits per heavy atom. The van der Waals surface area contributed by atoms with E-state index in [4.69, 9.17) is 9.84 Å². The van der Waals surface area contributed by atoms with Gasteiger partial charge in [-0.15, -0.1) is 0 Å². The SMILES string of the molecule is O=C(NCC=Cc1cn(-c2ccccc2)nc1-c1ccccc1)OCC1c2ccccc2-c2ccccc21. The lowest BCUT2D eigenvalue weighted by Crippen LogP contribution is -2.26. The van der Waals surface area contributed by atoms with Crippen molar-refractivity contribution in [3.05, 3.63) is 138 Å². The number of nitrogens with zero attached hydrogens (tertiary/aromatic N) is 2. The summed E-state index contributed by atoms with van der Waals surface area (Å²) in [5.74, 6) is 0.0425. The molecule has 0 aliphatic heterocycles. The van der Waals surface area contributed by atoms with E-state index >= 15 is 0 Å². The maximum Gasteiger partial charge on any atom is 0.407 e. The molecular formula is C33H27N3O2. The van der Waals surface area contributed by atoms with Crippen molar-refractivity contribution >= 4 is 12.2 Å². The highest BCUT2D eigenvalue weighted by molar-refractivity contribution is 5.79. The minimum absolute atomic E-state index is 0.0425. The Kier molecular flexibility index (Phi) is 6.56. The van der Waals surface area contributed by atoms with E-state index in [0.717, 1.165) is 22.5 Å². The second-order valence-electron chi connectivity index (χ2n) is 9.19. The van der Waals surface area contributed by atoms with Gasteiger partial charge < -0.3 is 10.1 Å². The molecule has 1 N–H and O–H groups in total. The molecule has 1 aromatic heterocycles. The molecule has 0 unspecified atom stereocenters. The van der Waals surface area contributed by atoms with Gasteiger partial charge in [0, 0.05) is 29.8 Å². The van der Waals surface area contributed by atoms with Gasteiger partial charge in [0.15, 0.2) is 0 Å². The van der Waals surface area contributed by atoms with Crippen molar-refractivity contribution in [1.82, 2.24) is 15.1 Å². The summed E-state index contributed by atoms with van der Waals surface area (Å²) in [6, 6.07) is 36.8. The summed E-state index contributed by atoms with van der Waals surface area (Å²) >= 11 is 0. The summed E-state index contributed by atoms with van der Waals surface area (Å²) in [5, 5.41) is 7.68. The van der Waals surface area contributed by atoms with E-state index in [1.54, 1.807) is 0 Å². The predicted molar refractivity (Wildman–Crippen MR) is 151 cm³/mol. The molecule has 0 saturated carbocycles. The quantitative estimate of drug-likeness (QED) is 0.261. The van der Waals surface area contributed by atoms with Crippen LogP contribution in [-0.4, -0.2) is 29.0 Å². The van der Waals surface area contributed by atoms with Crippen LogP contribution in [0.25, 0.3) is 34.1 Å². The number of aromatic nitrogens is 2. The van der Waals surface area contributed by atoms with Gasteiger partial charge in [0.1, 0.15) is 6.61 Å². The summed E-state index contributed by atoms with van der Waals surface area (Å²) < 4.78 is 7.52. The van der Waals surface area contributed by atoms with Gasteiger partial charge in [-0.2, -0.15) is 5.10 Å². The minimum Gasteiger partial charge on any atom is -0.449 e. The molecular weight excluding hydrogens is 470 g/mol. The fourth-order valence-corrected chi connectivity index (χ4v) is 5.02. The molecule has 5 heteroatoms. The molecule has 0 fully saturated rings. The van der Waals surface area contributed by atoms with Crippen LogP contribution in [0.3, 0.4) is 0 Å². The third-order valence-corrected chi connectivity index (χ3v) is 6.82. The van der Waals surface area contributed by atoms with Crippen LogP contribution in [0.2, 0.25) is 0 Å². The summed E-state index contributed by atoms with van der Waals surface area (Å²) in [5.41, 5.74) is 8.69. The van der Waals surface area contributed by atoms with Crippen LogP contribution < -0.4 is 5.32 Å². The molecule has 1 aliphatic carbocycles. The molecule has 0 radical (unpaired) electrons. The van der Waals surface area contributed by atoms with E-state index in [1.165, 1.54) is 22.3 Å². The van der Waals surface area contributed by atoms with Crippen LogP contribution in [-0.2, 0) is 4.74 Å². The number of nitrogens with one attached hydrogen (secondary N) is 1. The van der Waals surface area contributed by atoms with Gasteiger partial charge in [-0.25, -0.2) is 9.48 Å². The lowest BCUT2D eigenvalue weighted by molar-refractivity contribution is 0.144. The average molecular weight is 498 g/mol. The van der Waals surface area contributed by atoms with Crippen molar-refractivity contribution in [1.29, 1.82) is 0 Å². The number of carbonyl (C=O) groups is 1. The number of amides is 1. The fourth-order valence-electron chi connectivity index (χ4n) is 5.02. The number of para-hydroxylation sites is 1. The maximum absolute atomic E-state index is 12.5. The first kappa shape index (κ1) is 23.5. The number of fused-ring (bicyclic) bond motifs is 3. The molecule has 0 spiro atoms. The van der Waals surface area contributed by atoms with Crippen molar-refractivity contribution in [2.75, 3.05) is 13.2 Å². The normalized spacial score (nSPS) is 12.3. The summed E-state index contributed by atoms with van der Waals surface area (Å²) in [7, 11) is 0. The lowest BCUT2D eigenvalue weighted by atomic mass is 9.98. The molecule has 38 heavy (non-hydrogen) atoms. The van der Waals surface area contributed by atoms with Crippen molar-refractivity contribution in [2.24, 2.45) is 0 Å². The zero-order valence-corrected chi connectivity index (χ0v) is 20.8. The summed E-state index contributed by atoms with van der Waals surface area (Å²) in [6.45, 7) is 0.646. The second-order valence-corrected chi connectivity index (χ2v) is 9.19. The zero-order chi connectivity index (χ0) is 25.7. The van der Waals surface area contributed by atoms with E-state index in [1.807, 2.05) is 108 Å². The van der Waals surface area contributed by atoms with Crippen LogP contribution in [0.4, 0.5) is 4.79 Å². The van der Waals surface area contributed by atoms with Gasteiger partial charge in [-0.3, -0.25) is 0 Å². The monoisotopic (exact) mass is 497 g/mol. The van der Waals surface area contributed by atoms with Gasteiger partial charge >= 0.3 is 6.09 Å². The highest BCUT2D eigenvalue weighted by Crippen LogP contribution is 2.44. The van der Waals surface area contributed by atoms with Crippen molar-refractivity contribution in [3.63, 3.8) is 0 Å². The molecule has 186 valence electrons. The van der Waals surface area contributed by atoms with Crippen LogP contribution in [0.5, 0.6) is 0 Å². The predicted octanol–water partition coefficient (Wildman–Crippen LogP) is 7.09. The van der Waals surface area contributed by atoms with E-state index in [2.05, 4.69) is 29.6 Å². The lowest BCUT2D eigenvalue weighted by Gasteiger charge is -2.14. The Labute approximate surface area is 222 Å². The Balaban J connectivity index is 1.11. The summed E-state index contributed by atoms with van der Waals surface area (Å²) in [4.78, 5) is 12.5. The first-order valence-corrected chi connectivity index (χ1v) is 12.7. The number of alkyl carbamates (subject to hydrolysis) is 1. The molecule has 6 rings (SSSR count). The van der Waals surface area contributed by atoms with Gasteiger partial charge in [-0.05, 0) is 34.4 Å².